The quantitative estimate of drug-likeness (QED) is 0.869. The number of sulfonamides is 1. The van der Waals surface area contributed by atoms with E-state index in [1.54, 1.807) is 13.8 Å². The van der Waals surface area contributed by atoms with E-state index in [1.165, 1.54) is 18.2 Å². The van der Waals surface area contributed by atoms with Crippen LogP contribution in [0.15, 0.2) is 23.1 Å². The van der Waals surface area contributed by atoms with Gasteiger partial charge in [-0.15, -0.1) is 0 Å². The molecule has 1 aliphatic heterocycles. The van der Waals surface area contributed by atoms with Gasteiger partial charge in [0, 0.05) is 12.5 Å². The molecule has 0 unspecified atom stereocenters. The fourth-order valence-corrected chi connectivity index (χ4v) is 2.78. The molecule has 1 aliphatic rings. The molecule has 1 amide bonds. The largest absolute Gasteiger partial charge is 0.490 e. The van der Waals surface area contributed by atoms with E-state index in [4.69, 9.17) is 14.2 Å². The van der Waals surface area contributed by atoms with Crippen molar-refractivity contribution in [3.63, 3.8) is 0 Å². The first kappa shape index (κ1) is 16.6. The lowest BCUT2D eigenvalue weighted by Gasteiger charge is -2.11. The highest BCUT2D eigenvalue weighted by Gasteiger charge is 2.21. The van der Waals surface area contributed by atoms with Crippen LogP contribution in [0.2, 0.25) is 0 Å². The van der Waals surface area contributed by atoms with Crippen LogP contribution in [0, 0.1) is 0 Å². The van der Waals surface area contributed by atoms with Gasteiger partial charge < -0.3 is 14.2 Å². The first-order chi connectivity index (χ1) is 10.4. The van der Waals surface area contributed by atoms with Crippen molar-refractivity contribution in [2.75, 3.05) is 19.8 Å². The Morgan fingerprint density at radius 2 is 1.95 bits per heavy atom. The van der Waals surface area contributed by atoms with Gasteiger partial charge in [0.1, 0.15) is 6.61 Å². The lowest BCUT2D eigenvalue weighted by Crippen LogP contribution is -2.34. The minimum atomic E-state index is -3.97. The van der Waals surface area contributed by atoms with Crippen molar-refractivity contribution >= 4 is 15.9 Å². The van der Waals surface area contributed by atoms with Crippen LogP contribution in [0.4, 0.5) is 0 Å². The summed E-state index contributed by atoms with van der Waals surface area (Å²) in [6.07, 6.45) is 0.562. The molecule has 1 N–H and O–H groups in total. The maximum atomic E-state index is 12.2. The predicted octanol–water partition coefficient (Wildman–Crippen LogP) is 1.08. The summed E-state index contributed by atoms with van der Waals surface area (Å²) in [6, 6.07) is 4.23. The highest BCUT2D eigenvalue weighted by Crippen LogP contribution is 2.31. The van der Waals surface area contributed by atoms with E-state index in [2.05, 4.69) is 0 Å². The summed E-state index contributed by atoms with van der Waals surface area (Å²) in [5.41, 5.74) is 0. The highest BCUT2D eigenvalue weighted by molar-refractivity contribution is 7.90. The van der Waals surface area contributed by atoms with Crippen LogP contribution < -0.4 is 14.2 Å². The van der Waals surface area contributed by atoms with Gasteiger partial charge in [0.05, 0.1) is 24.2 Å². The molecule has 1 aromatic rings. The smallest absolute Gasteiger partial charge is 0.264 e. The SMILES string of the molecule is CC(C)OCC(=O)NS(=O)(=O)c1ccc2c(c1)OCCCO2. The normalized spacial score (nSPS) is 14.5. The summed E-state index contributed by atoms with van der Waals surface area (Å²) >= 11 is 0. The van der Waals surface area contributed by atoms with Gasteiger partial charge in [-0.2, -0.15) is 0 Å². The first-order valence-corrected chi connectivity index (χ1v) is 8.44. The minimum Gasteiger partial charge on any atom is -0.490 e. The zero-order valence-corrected chi connectivity index (χ0v) is 13.3. The van der Waals surface area contributed by atoms with E-state index in [1.807, 2.05) is 4.72 Å². The third-order valence-corrected chi connectivity index (χ3v) is 4.20. The number of rotatable bonds is 5. The second kappa shape index (κ2) is 6.97. The van der Waals surface area contributed by atoms with Crippen LogP contribution in [0.25, 0.3) is 0 Å². The third kappa shape index (κ3) is 4.35. The van der Waals surface area contributed by atoms with Gasteiger partial charge in [0.25, 0.3) is 15.9 Å². The number of fused-ring (bicyclic) bond motifs is 1. The molecule has 0 spiro atoms. The van der Waals surface area contributed by atoms with Crippen LogP contribution in [0.1, 0.15) is 20.3 Å². The Morgan fingerprint density at radius 3 is 2.64 bits per heavy atom. The average molecular weight is 329 g/mol. The first-order valence-electron chi connectivity index (χ1n) is 6.95. The number of hydrogen-bond acceptors (Lipinski definition) is 6. The summed E-state index contributed by atoms with van der Waals surface area (Å²) in [6.45, 7) is 4.16. The minimum absolute atomic E-state index is 0.0605. The Labute approximate surface area is 129 Å². The number of nitrogens with one attached hydrogen (secondary N) is 1. The van der Waals surface area contributed by atoms with Gasteiger partial charge in [0.15, 0.2) is 11.5 Å². The molecule has 0 saturated heterocycles. The monoisotopic (exact) mass is 329 g/mol. The lowest BCUT2D eigenvalue weighted by atomic mass is 10.3. The van der Waals surface area contributed by atoms with E-state index < -0.39 is 15.9 Å². The molecule has 0 aliphatic carbocycles. The maximum Gasteiger partial charge on any atom is 0.264 e. The molecular weight excluding hydrogens is 310 g/mol. The topological polar surface area (TPSA) is 90.9 Å². The van der Waals surface area contributed by atoms with Crippen LogP contribution in [0.5, 0.6) is 11.5 Å². The van der Waals surface area contributed by atoms with Crippen molar-refractivity contribution in [1.82, 2.24) is 4.72 Å². The summed E-state index contributed by atoms with van der Waals surface area (Å²) in [7, 11) is -3.97. The van der Waals surface area contributed by atoms with E-state index >= 15 is 0 Å². The van der Waals surface area contributed by atoms with E-state index in [0.29, 0.717) is 24.7 Å². The second-order valence-corrected chi connectivity index (χ2v) is 6.73. The number of carbonyl (C=O) groups is 1. The second-order valence-electron chi connectivity index (χ2n) is 5.05. The predicted molar refractivity (Wildman–Crippen MR) is 78.5 cm³/mol. The fourth-order valence-electron chi connectivity index (χ4n) is 1.79. The van der Waals surface area contributed by atoms with Crippen molar-refractivity contribution in [3.8, 4) is 11.5 Å². The Hall–Kier alpha value is -1.80. The zero-order chi connectivity index (χ0) is 16.2. The van der Waals surface area contributed by atoms with Crippen molar-refractivity contribution in [2.24, 2.45) is 0 Å². The van der Waals surface area contributed by atoms with Gasteiger partial charge in [-0.25, -0.2) is 13.1 Å². The molecule has 1 aromatic carbocycles. The number of amides is 1. The molecule has 2 rings (SSSR count). The molecule has 0 radical (unpaired) electrons. The fraction of sp³-hybridized carbons (Fsp3) is 0.500. The van der Waals surface area contributed by atoms with Gasteiger partial charge in [0.2, 0.25) is 0 Å². The third-order valence-electron chi connectivity index (χ3n) is 2.83. The lowest BCUT2D eigenvalue weighted by molar-refractivity contribution is -0.125. The van der Waals surface area contributed by atoms with Crippen molar-refractivity contribution in [1.29, 1.82) is 0 Å². The molecular formula is C14H19NO6S. The number of ether oxygens (including phenoxy) is 3. The summed E-state index contributed by atoms with van der Waals surface area (Å²) in [5, 5.41) is 0. The van der Waals surface area contributed by atoms with Crippen molar-refractivity contribution in [3.05, 3.63) is 18.2 Å². The molecule has 0 atom stereocenters. The molecule has 1 heterocycles. The summed E-state index contributed by atoms with van der Waals surface area (Å²) in [4.78, 5) is 11.5. The number of benzene rings is 1. The van der Waals surface area contributed by atoms with Gasteiger partial charge in [-0.05, 0) is 26.0 Å². The van der Waals surface area contributed by atoms with E-state index in [0.717, 1.165) is 6.42 Å². The highest BCUT2D eigenvalue weighted by atomic mass is 32.2. The molecule has 0 bridgehead atoms. The number of carbonyl (C=O) groups excluding carboxylic acids is 1. The Morgan fingerprint density at radius 1 is 1.27 bits per heavy atom. The molecule has 7 nitrogen and oxygen atoms in total. The number of hydrogen-bond donors (Lipinski definition) is 1. The van der Waals surface area contributed by atoms with Crippen molar-refractivity contribution < 1.29 is 27.4 Å². The zero-order valence-electron chi connectivity index (χ0n) is 12.5. The standard InChI is InChI=1S/C14H19NO6S/c1-10(2)21-9-14(16)15-22(17,18)11-4-5-12-13(8-11)20-7-3-6-19-12/h4-5,8,10H,3,6-7,9H2,1-2H3,(H,15,16). The maximum absolute atomic E-state index is 12.2. The Balaban J connectivity index is 2.12. The van der Waals surface area contributed by atoms with Crippen LogP contribution >= 0.6 is 0 Å². The van der Waals surface area contributed by atoms with Gasteiger partial charge in [-0.1, -0.05) is 0 Å². The Bertz CT molecular complexity index is 641. The average Bonchev–Trinajstić information content (AvgIpc) is 2.69. The van der Waals surface area contributed by atoms with Gasteiger partial charge in [-0.3, -0.25) is 4.79 Å². The summed E-state index contributed by atoms with van der Waals surface area (Å²) in [5.74, 6) is 0.123. The molecule has 122 valence electrons. The van der Waals surface area contributed by atoms with Crippen LogP contribution in [0.3, 0.4) is 0 Å². The molecule has 0 fully saturated rings. The molecule has 8 heteroatoms. The van der Waals surface area contributed by atoms with Gasteiger partial charge >= 0.3 is 0 Å². The van der Waals surface area contributed by atoms with E-state index in [9.17, 15) is 13.2 Å². The molecule has 0 aromatic heterocycles. The van der Waals surface area contributed by atoms with Crippen molar-refractivity contribution in [2.45, 2.75) is 31.3 Å². The molecule has 0 saturated carbocycles. The molecule has 22 heavy (non-hydrogen) atoms. The Kier molecular flexibility index (Phi) is 5.25. The van der Waals surface area contributed by atoms with Crippen LogP contribution in [-0.4, -0.2) is 40.2 Å². The van der Waals surface area contributed by atoms with Crippen LogP contribution in [-0.2, 0) is 19.6 Å². The van der Waals surface area contributed by atoms with E-state index in [-0.39, 0.29) is 17.6 Å². The summed E-state index contributed by atoms with van der Waals surface area (Å²) < 4.78 is 42.3.